The highest BCUT2D eigenvalue weighted by Crippen LogP contribution is 2.28. The molecule has 0 aliphatic carbocycles. The Morgan fingerprint density at radius 2 is 2.05 bits per heavy atom. The number of nitrogens with zero attached hydrogens (tertiary/aromatic N) is 3. The Labute approximate surface area is 128 Å². The number of hydrogen-bond donors (Lipinski definition) is 0. The van der Waals surface area contributed by atoms with Gasteiger partial charge in [0.15, 0.2) is 5.82 Å². The van der Waals surface area contributed by atoms with Crippen molar-refractivity contribution in [3.8, 4) is 11.4 Å². The maximum atomic E-state index is 14.2. The SMILES string of the molecule is CC(C)Cn1c(CBr)nnc1-c1cccc(Br)c1F. The predicted molar refractivity (Wildman–Crippen MR) is 80.6 cm³/mol. The van der Waals surface area contributed by atoms with Crippen molar-refractivity contribution in [3.63, 3.8) is 0 Å². The second kappa shape index (κ2) is 6.13. The average molecular weight is 391 g/mol. The minimum absolute atomic E-state index is 0.305. The molecule has 1 heterocycles. The van der Waals surface area contributed by atoms with E-state index in [1.165, 1.54) is 0 Å². The van der Waals surface area contributed by atoms with Crippen molar-refractivity contribution in [1.82, 2.24) is 14.8 Å². The lowest BCUT2D eigenvalue weighted by Crippen LogP contribution is -2.09. The summed E-state index contributed by atoms with van der Waals surface area (Å²) in [7, 11) is 0. The van der Waals surface area contributed by atoms with Gasteiger partial charge in [-0.25, -0.2) is 4.39 Å². The molecule has 2 rings (SSSR count). The number of benzene rings is 1. The molecule has 0 fully saturated rings. The minimum atomic E-state index is -0.305. The summed E-state index contributed by atoms with van der Waals surface area (Å²) >= 11 is 6.59. The van der Waals surface area contributed by atoms with Crippen LogP contribution in [0.4, 0.5) is 4.39 Å². The monoisotopic (exact) mass is 389 g/mol. The Hall–Kier alpha value is -0.750. The van der Waals surface area contributed by atoms with Crippen molar-refractivity contribution in [1.29, 1.82) is 0 Å². The number of halogens is 3. The van der Waals surface area contributed by atoms with Crippen molar-refractivity contribution in [3.05, 3.63) is 34.3 Å². The van der Waals surface area contributed by atoms with Gasteiger partial charge in [-0.05, 0) is 34.0 Å². The molecular weight excluding hydrogens is 377 g/mol. The zero-order valence-corrected chi connectivity index (χ0v) is 13.9. The van der Waals surface area contributed by atoms with Gasteiger partial charge in [0.2, 0.25) is 0 Å². The maximum absolute atomic E-state index is 14.2. The summed E-state index contributed by atoms with van der Waals surface area (Å²) in [5.74, 6) is 1.51. The highest BCUT2D eigenvalue weighted by Gasteiger charge is 2.18. The van der Waals surface area contributed by atoms with Crippen LogP contribution >= 0.6 is 31.9 Å². The normalized spacial score (nSPS) is 11.3. The van der Waals surface area contributed by atoms with Crippen LogP contribution in [0.5, 0.6) is 0 Å². The molecule has 6 heteroatoms. The molecule has 0 amide bonds. The van der Waals surface area contributed by atoms with Crippen molar-refractivity contribution < 1.29 is 4.39 Å². The lowest BCUT2D eigenvalue weighted by Gasteiger charge is -2.12. The van der Waals surface area contributed by atoms with Crippen LogP contribution < -0.4 is 0 Å². The highest BCUT2D eigenvalue weighted by atomic mass is 79.9. The van der Waals surface area contributed by atoms with E-state index in [1.54, 1.807) is 18.2 Å². The molecule has 1 aromatic carbocycles. The van der Waals surface area contributed by atoms with Crippen LogP contribution in [0.2, 0.25) is 0 Å². The fraction of sp³-hybridized carbons (Fsp3) is 0.385. The molecule has 0 saturated carbocycles. The first-order chi connectivity index (χ1) is 9.04. The lowest BCUT2D eigenvalue weighted by molar-refractivity contribution is 0.514. The first-order valence-electron chi connectivity index (χ1n) is 5.97. The molecule has 0 aliphatic rings. The van der Waals surface area contributed by atoms with Crippen LogP contribution in [0.3, 0.4) is 0 Å². The third-order valence-corrected chi connectivity index (χ3v) is 3.80. The molecule has 0 saturated heterocycles. The van der Waals surface area contributed by atoms with E-state index in [2.05, 4.69) is 55.9 Å². The third-order valence-electron chi connectivity index (χ3n) is 2.69. The average Bonchev–Trinajstić information content (AvgIpc) is 2.75. The van der Waals surface area contributed by atoms with Crippen LogP contribution in [-0.2, 0) is 11.9 Å². The van der Waals surface area contributed by atoms with Crippen molar-refractivity contribution in [2.45, 2.75) is 25.7 Å². The van der Waals surface area contributed by atoms with Gasteiger partial charge in [0.1, 0.15) is 11.6 Å². The third kappa shape index (κ3) is 3.05. The molecule has 1 aromatic heterocycles. The summed E-state index contributed by atoms with van der Waals surface area (Å²) < 4.78 is 16.6. The number of hydrogen-bond acceptors (Lipinski definition) is 2. The molecule has 0 spiro atoms. The van der Waals surface area contributed by atoms with Gasteiger partial charge in [-0.2, -0.15) is 0 Å². The van der Waals surface area contributed by atoms with Crippen LogP contribution in [0.15, 0.2) is 22.7 Å². The Morgan fingerprint density at radius 1 is 1.32 bits per heavy atom. The second-order valence-electron chi connectivity index (χ2n) is 4.68. The Bertz CT molecular complexity index is 581. The highest BCUT2D eigenvalue weighted by molar-refractivity contribution is 9.10. The summed E-state index contributed by atoms with van der Waals surface area (Å²) in [6.45, 7) is 4.98. The van der Waals surface area contributed by atoms with Gasteiger partial charge in [-0.3, -0.25) is 0 Å². The summed E-state index contributed by atoms with van der Waals surface area (Å²) in [6.07, 6.45) is 0. The number of rotatable bonds is 4. The zero-order valence-electron chi connectivity index (χ0n) is 10.7. The van der Waals surface area contributed by atoms with Gasteiger partial charge < -0.3 is 4.57 Å². The fourth-order valence-electron chi connectivity index (χ4n) is 1.87. The van der Waals surface area contributed by atoms with Crippen LogP contribution in [0, 0.1) is 11.7 Å². The Kier molecular flexibility index (Phi) is 4.73. The van der Waals surface area contributed by atoms with E-state index in [-0.39, 0.29) is 5.82 Å². The van der Waals surface area contributed by atoms with E-state index < -0.39 is 0 Å². The standard InChI is InChI=1S/C13H14Br2FN3/c1-8(2)7-19-11(6-14)17-18-13(19)9-4-3-5-10(15)12(9)16/h3-5,8H,6-7H2,1-2H3. The van der Waals surface area contributed by atoms with Crippen molar-refractivity contribution in [2.24, 2.45) is 5.92 Å². The van der Waals surface area contributed by atoms with Gasteiger partial charge in [0.25, 0.3) is 0 Å². The molecule has 19 heavy (non-hydrogen) atoms. The van der Waals surface area contributed by atoms with E-state index in [0.29, 0.717) is 27.1 Å². The van der Waals surface area contributed by atoms with E-state index in [1.807, 2.05) is 4.57 Å². The molecule has 2 aromatic rings. The van der Waals surface area contributed by atoms with Gasteiger partial charge in [-0.15, -0.1) is 10.2 Å². The number of aromatic nitrogens is 3. The zero-order chi connectivity index (χ0) is 14.0. The molecule has 0 N–H and O–H groups in total. The molecule has 3 nitrogen and oxygen atoms in total. The van der Waals surface area contributed by atoms with Crippen molar-refractivity contribution >= 4 is 31.9 Å². The summed E-state index contributed by atoms with van der Waals surface area (Å²) in [6, 6.07) is 5.19. The van der Waals surface area contributed by atoms with Gasteiger partial charge in [-0.1, -0.05) is 35.8 Å². The molecule has 0 aliphatic heterocycles. The molecule has 0 unspecified atom stereocenters. The summed E-state index contributed by atoms with van der Waals surface area (Å²) in [5.41, 5.74) is 0.467. The topological polar surface area (TPSA) is 30.7 Å². The van der Waals surface area contributed by atoms with Crippen LogP contribution in [0.25, 0.3) is 11.4 Å². The first-order valence-corrected chi connectivity index (χ1v) is 7.88. The maximum Gasteiger partial charge on any atom is 0.167 e. The number of alkyl halides is 1. The largest absolute Gasteiger partial charge is 0.310 e. The molecule has 0 atom stereocenters. The quantitative estimate of drug-likeness (QED) is 0.724. The van der Waals surface area contributed by atoms with Gasteiger partial charge in [0.05, 0.1) is 15.4 Å². The smallest absolute Gasteiger partial charge is 0.167 e. The van der Waals surface area contributed by atoms with Crippen LogP contribution in [0.1, 0.15) is 19.7 Å². The summed E-state index contributed by atoms with van der Waals surface area (Å²) in [4.78, 5) is 0. The first kappa shape index (κ1) is 14.7. The van der Waals surface area contributed by atoms with E-state index in [4.69, 9.17) is 0 Å². The predicted octanol–water partition coefficient (Wildman–Crippen LogP) is 4.40. The summed E-state index contributed by atoms with van der Waals surface area (Å²) in [5, 5.41) is 8.85. The fourth-order valence-corrected chi connectivity index (χ4v) is 2.65. The lowest BCUT2D eigenvalue weighted by atomic mass is 10.1. The minimum Gasteiger partial charge on any atom is -0.310 e. The van der Waals surface area contributed by atoms with E-state index in [0.717, 1.165) is 12.4 Å². The Morgan fingerprint density at radius 3 is 2.68 bits per heavy atom. The second-order valence-corrected chi connectivity index (χ2v) is 6.09. The molecular formula is C13H14Br2FN3. The molecule has 102 valence electrons. The van der Waals surface area contributed by atoms with E-state index >= 15 is 0 Å². The molecule has 0 radical (unpaired) electrons. The van der Waals surface area contributed by atoms with Gasteiger partial charge in [0, 0.05) is 6.54 Å². The molecule has 0 bridgehead atoms. The van der Waals surface area contributed by atoms with Crippen molar-refractivity contribution in [2.75, 3.05) is 0 Å². The van der Waals surface area contributed by atoms with Crippen LogP contribution in [-0.4, -0.2) is 14.8 Å². The van der Waals surface area contributed by atoms with Gasteiger partial charge >= 0.3 is 0 Å². The Balaban J connectivity index is 2.55. The van der Waals surface area contributed by atoms with E-state index in [9.17, 15) is 4.39 Å².